The van der Waals surface area contributed by atoms with Gasteiger partial charge in [0.15, 0.2) is 11.5 Å². The van der Waals surface area contributed by atoms with Crippen LogP contribution in [0.5, 0.6) is 0 Å². The Balaban J connectivity index is 1.53. The van der Waals surface area contributed by atoms with Crippen LogP contribution in [0.2, 0.25) is 0 Å². The van der Waals surface area contributed by atoms with E-state index in [4.69, 9.17) is 15.8 Å². The van der Waals surface area contributed by atoms with Crippen molar-refractivity contribution in [3.8, 4) is 0 Å². The molecule has 0 saturated heterocycles. The summed E-state index contributed by atoms with van der Waals surface area (Å²) in [7, 11) is 1.97. The molecule has 0 bridgehead atoms. The normalized spacial score (nSPS) is 19.5. The van der Waals surface area contributed by atoms with Crippen molar-refractivity contribution in [1.82, 2.24) is 29.6 Å². The third kappa shape index (κ3) is 3.15. The SMILES string of the molecule is C/C(=C(/N)C1CC1c1nc2c(C)ncc(C)n2n1)N(C)Nc1cccnc1C. The molecule has 1 saturated carbocycles. The van der Waals surface area contributed by atoms with Crippen LogP contribution >= 0.6 is 0 Å². The van der Waals surface area contributed by atoms with Gasteiger partial charge in [-0.3, -0.25) is 20.4 Å². The van der Waals surface area contributed by atoms with E-state index in [1.54, 1.807) is 6.20 Å². The fraction of sp³-hybridized carbons (Fsp3) is 0.400. The van der Waals surface area contributed by atoms with Gasteiger partial charge in [0.2, 0.25) is 0 Å². The van der Waals surface area contributed by atoms with Crippen molar-refractivity contribution in [2.75, 3.05) is 12.5 Å². The fourth-order valence-corrected chi connectivity index (χ4v) is 3.42. The van der Waals surface area contributed by atoms with E-state index in [-0.39, 0.29) is 11.8 Å². The number of allylic oxidation sites excluding steroid dienone is 2. The summed E-state index contributed by atoms with van der Waals surface area (Å²) in [5, 5.41) is 6.65. The molecule has 2 atom stereocenters. The maximum atomic E-state index is 6.50. The summed E-state index contributed by atoms with van der Waals surface area (Å²) in [5.41, 5.74) is 16.3. The smallest absolute Gasteiger partial charge is 0.177 e. The van der Waals surface area contributed by atoms with Crippen molar-refractivity contribution in [3.05, 3.63) is 58.8 Å². The molecule has 3 heterocycles. The molecule has 1 aliphatic rings. The van der Waals surface area contributed by atoms with E-state index in [1.807, 2.05) is 62.6 Å². The number of aromatic nitrogens is 5. The maximum absolute atomic E-state index is 6.50. The van der Waals surface area contributed by atoms with Crippen LogP contribution in [-0.2, 0) is 0 Å². The van der Waals surface area contributed by atoms with Crippen LogP contribution in [0, 0.1) is 26.7 Å². The summed E-state index contributed by atoms with van der Waals surface area (Å²) in [6.07, 6.45) is 4.57. The predicted octanol–water partition coefficient (Wildman–Crippen LogP) is 2.70. The van der Waals surface area contributed by atoms with Gasteiger partial charge in [-0.2, -0.15) is 5.10 Å². The first-order valence-electron chi connectivity index (χ1n) is 9.44. The topological polar surface area (TPSA) is 97.3 Å². The summed E-state index contributed by atoms with van der Waals surface area (Å²) >= 11 is 0. The predicted molar refractivity (Wildman–Crippen MR) is 108 cm³/mol. The van der Waals surface area contributed by atoms with Crippen LogP contribution in [0.3, 0.4) is 0 Å². The zero-order valence-electron chi connectivity index (χ0n) is 16.9. The highest BCUT2D eigenvalue weighted by Gasteiger charge is 2.44. The van der Waals surface area contributed by atoms with E-state index in [0.29, 0.717) is 0 Å². The lowest BCUT2D eigenvalue weighted by Crippen LogP contribution is -2.27. The van der Waals surface area contributed by atoms with Gasteiger partial charge in [0, 0.05) is 37.0 Å². The highest BCUT2D eigenvalue weighted by molar-refractivity contribution is 5.47. The number of hydrogen-bond acceptors (Lipinski definition) is 7. The second kappa shape index (κ2) is 6.78. The van der Waals surface area contributed by atoms with Crippen LogP contribution in [0.25, 0.3) is 5.65 Å². The van der Waals surface area contributed by atoms with E-state index < -0.39 is 0 Å². The molecule has 0 radical (unpaired) electrons. The van der Waals surface area contributed by atoms with Crippen LogP contribution in [0.15, 0.2) is 35.9 Å². The van der Waals surface area contributed by atoms with E-state index in [9.17, 15) is 0 Å². The monoisotopic (exact) mass is 378 g/mol. The molecule has 0 spiro atoms. The number of hydrogen-bond donors (Lipinski definition) is 2. The minimum absolute atomic E-state index is 0.252. The third-order valence-electron chi connectivity index (χ3n) is 5.46. The lowest BCUT2D eigenvalue weighted by atomic mass is 10.2. The van der Waals surface area contributed by atoms with Crippen molar-refractivity contribution in [3.63, 3.8) is 0 Å². The Labute approximate surface area is 164 Å². The quantitative estimate of drug-likeness (QED) is 0.659. The molecule has 1 aliphatic carbocycles. The van der Waals surface area contributed by atoms with Gasteiger partial charge in [0.05, 0.1) is 28.5 Å². The molecule has 3 aromatic heterocycles. The first-order valence-corrected chi connectivity index (χ1v) is 9.44. The van der Waals surface area contributed by atoms with Gasteiger partial charge in [0.1, 0.15) is 0 Å². The molecule has 3 aromatic rings. The number of fused-ring (bicyclic) bond motifs is 1. The lowest BCUT2D eigenvalue weighted by Gasteiger charge is -2.24. The number of nitrogens with zero attached hydrogens (tertiary/aromatic N) is 6. The largest absolute Gasteiger partial charge is 0.400 e. The Kier molecular flexibility index (Phi) is 4.41. The molecule has 0 amide bonds. The minimum atomic E-state index is 0.252. The molecular weight excluding hydrogens is 352 g/mol. The Morgan fingerprint density at radius 1 is 1.25 bits per heavy atom. The van der Waals surface area contributed by atoms with E-state index in [2.05, 4.69) is 15.4 Å². The molecule has 0 aromatic carbocycles. The van der Waals surface area contributed by atoms with Crippen molar-refractivity contribution in [1.29, 1.82) is 0 Å². The lowest BCUT2D eigenvalue weighted by molar-refractivity contribution is 0.489. The van der Waals surface area contributed by atoms with Gasteiger partial charge in [-0.15, -0.1) is 0 Å². The first-order chi connectivity index (χ1) is 13.4. The second-order valence-electron chi connectivity index (χ2n) is 7.49. The van der Waals surface area contributed by atoms with E-state index in [1.165, 1.54) is 0 Å². The summed E-state index contributed by atoms with van der Waals surface area (Å²) in [6, 6.07) is 3.91. The molecule has 2 unspecified atom stereocenters. The number of pyridine rings is 1. The first kappa shape index (κ1) is 18.2. The molecule has 8 heteroatoms. The number of anilines is 1. The van der Waals surface area contributed by atoms with Gasteiger partial charge in [-0.1, -0.05) is 0 Å². The van der Waals surface area contributed by atoms with E-state index in [0.717, 1.165) is 52.1 Å². The van der Waals surface area contributed by atoms with Gasteiger partial charge in [0.25, 0.3) is 0 Å². The van der Waals surface area contributed by atoms with Crippen LogP contribution < -0.4 is 11.2 Å². The molecule has 8 nitrogen and oxygen atoms in total. The summed E-state index contributed by atoms with van der Waals surface area (Å²) in [4.78, 5) is 13.4. The van der Waals surface area contributed by atoms with Gasteiger partial charge >= 0.3 is 0 Å². The Hall–Kier alpha value is -3.16. The Morgan fingerprint density at radius 2 is 2.04 bits per heavy atom. The summed E-state index contributed by atoms with van der Waals surface area (Å²) < 4.78 is 1.87. The van der Waals surface area contributed by atoms with Crippen LogP contribution in [0.1, 0.15) is 42.2 Å². The highest BCUT2D eigenvalue weighted by Crippen LogP contribution is 2.50. The molecule has 146 valence electrons. The zero-order chi connectivity index (χ0) is 20.0. The van der Waals surface area contributed by atoms with Crippen molar-refractivity contribution in [2.45, 2.75) is 40.0 Å². The molecule has 3 N–H and O–H groups in total. The van der Waals surface area contributed by atoms with Crippen LogP contribution in [0.4, 0.5) is 5.69 Å². The van der Waals surface area contributed by atoms with Crippen LogP contribution in [-0.4, -0.2) is 36.6 Å². The third-order valence-corrected chi connectivity index (χ3v) is 5.46. The molecule has 0 aliphatic heterocycles. The number of nitrogens with one attached hydrogen (secondary N) is 1. The molecule has 1 fully saturated rings. The summed E-state index contributed by atoms with van der Waals surface area (Å²) in [5.74, 6) is 1.35. The fourth-order valence-electron chi connectivity index (χ4n) is 3.42. The highest BCUT2D eigenvalue weighted by atomic mass is 15.5. The van der Waals surface area contributed by atoms with E-state index >= 15 is 0 Å². The zero-order valence-corrected chi connectivity index (χ0v) is 16.9. The maximum Gasteiger partial charge on any atom is 0.177 e. The number of rotatable bonds is 5. The second-order valence-corrected chi connectivity index (χ2v) is 7.49. The minimum Gasteiger partial charge on any atom is -0.400 e. The molecular formula is C20H26N8. The molecule has 28 heavy (non-hydrogen) atoms. The Bertz CT molecular complexity index is 1030. The average Bonchev–Trinajstić information content (AvgIpc) is 3.35. The van der Waals surface area contributed by atoms with Crippen molar-refractivity contribution < 1.29 is 0 Å². The average molecular weight is 378 g/mol. The van der Waals surface area contributed by atoms with Crippen molar-refractivity contribution >= 4 is 11.3 Å². The number of hydrazine groups is 1. The standard InChI is InChI=1S/C20H26N8/c1-11-10-23-13(3)20-24-19(26-28(11)20)16-9-15(16)18(21)14(4)27(5)25-17-7-6-8-22-12(17)2/h6-8,10,15-16,25H,9,21H2,1-5H3/b18-14-. The van der Waals surface area contributed by atoms with Gasteiger partial charge in [-0.05, 0) is 46.2 Å². The Morgan fingerprint density at radius 3 is 2.75 bits per heavy atom. The summed E-state index contributed by atoms with van der Waals surface area (Å²) in [6.45, 7) is 7.95. The number of nitrogens with two attached hydrogens (primary N) is 1. The van der Waals surface area contributed by atoms with Crippen molar-refractivity contribution in [2.24, 2.45) is 11.7 Å². The molecule has 4 rings (SSSR count). The number of aryl methyl sites for hydroxylation is 3. The van der Waals surface area contributed by atoms with Gasteiger partial charge in [-0.25, -0.2) is 9.50 Å². The van der Waals surface area contributed by atoms with Gasteiger partial charge < -0.3 is 5.73 Å².